The molecule has 0 aromatic carbocycles. The Hall–Kier alpha value is -2.18. The minimum atomic E-state index is -0.412. The van der Waals surface area contributed by atoms with Crippen molar-refractivity contribution in [3.05, 3.63) is 28.2 Å². The van der Waals surface area contributed by atoms with E-state index in [4.69, 9.17) is 0 Å². The molecule has 0 spiro atoms. The number of aromatic amines is 1. The van der Waals surface area contributed by atoms with E-state index >= 15 is 0 Å². The Kier molecular flexibility index (Phi) is 3.71. The van der Waals surface area contributed by atoms with Crippen LogP contribution in [-0.4, -0.2) is 34.6 Å². The Morgan fingerprint density at radius 2 is 2.17 bits per heavy atom. The van der Waals surface area contributed by atoms with Crippen LogP contribution in [0.1, 0.15) is 29.8 Å². The molecule has 2 rings (SSSR count). The third-order valence-corrected chi connectivity index (χ3v) is 2.49. The average Bonchev–Trinajstić information content (AvgIpc) is 3.13. The fourth-order valence-electron chi connectivity index (χ4n) is 1.38. The zero-order valence-electron chi connectivity index (χ0n) is 9.73. The van der Waals surface area contributed by atoms with E-state index in [1.807, 2.05) is 0 Å². The van der Waals surface area contributed by atoms with Gasteiger partial charge in [-0.1, -0.05) is 0 Å². The lowest BCUT2D eigenvalue weighted by Crippen LogP contribution is -2.32. The molecule has 1 aromatic heterocycles. The molecular formula is C11H14N4O3. The lowest BCUT2D eigenvalue weighted by molar-refractivity contribution is -0.121. The summed E-state index contributed by atoms with van der Waals surface area (Å²) < 4.78 is 0. The lowest BCUT2D eigenvalue weighted by atomic mass is 10.3. The lowest BCUT2D eigenvalue weighted by Gasteiger charge is -2.04. The summed E-state index contributed by atoms with van der Waals surface area (Å²) in [6.45, 7) is 0.248. The van der Waals surface area contributed by atoms with E-state index < -0.39 is 5.91 Å². The van der Waals surface area contributed by atoms with Gasteiger partial charge in [0.1, 0.15) is 5.69 Å². The van der Waals surface area contributed by atoms with E-state index in [2.05, 4.69) is 20.8 Å². The van der Waals surface area contributed by atoms with E-state index in [-0.39, 0.29) is 30.1 Å². The minimum Gasteiger partial charge on any atom is -0.353 e. The average molecular weight is 250 g/mol. The van der Waals surface area contributed by atoms with Crippen molar-refractivity contribution in [3.63, 3.8) is 0 Å². The molecular weight excluding hydrogens is 236 g/mol. The third-order valence-electron chi connectivity index (χ3n) is 2.49. The number of aromatic nitrogens is 2. The van der Waals surface area contributed by atoms with Crippen molar-refractivity contribution in [3.8, 4) is 0 Å². The van der Waals surface area contributed by atoms with E-state index in [0.717, 1.165) is 12.8 Å². The molecule has 1 aliphatic rings. The number of amides is 2. The first-order chi connectivity index (χ1) is 8.65. The number of hydrogen-bond donors (Lipinski definition) is 3. The summed E-state index contributed by atoms with van der Waals surface area (Å²) in [5.41, 5.74) is -0.243. The molecule has 7 nitrogen and oxygen atoms in total. The fraction of sp³-hybridized carbons (Fsp3) is 0.455. The van der Waals surface area contributed by atoms with E-state index in [1.165, 1.54) is 12.1 Å². The molecule has 1 aromatic rings. The van der Waals surface area contributed by atoms with Gasteiger partial charge in [-0.2, -0.15) is 5.10 Å². The van der Waals surface area contributed by atoms with Crippen LogP contribution in [0.2, 0.25) is 0 Å². The molecule has 18 heavy (non-hydrogen) atoms. The second-order valence-electron chi connectivity index (χ2n) is 4.15. The van der Waals surface area contributed by atoms with Crippen LogP contribution in [0.3, 0.4) is 0 Å². The van der Waals surface area contributed by atoms with Crippen LogP contribution in [0.4, 0.5) is 0 Å². The SMILES string of the molecule is O=C(CCNC(=O)c1ccc(=O)[nH]n1)NC1CC1. The van der Waals surface area contributed by atoms with Crippen LogP contribution in [-0.2, 0) is 4.79 Å². The van der Waals surface area contributed by atoms with Crippen molar-refractivity contribution in [1.29, 1.82) is 0 Å². The normalized spacial score (nSPS) is 14.0. The largest absolute Gasteiger partial charge is 0.353 e. The summed E-state index contributed by atoms with van der Waals surface area (Å²) in [7, 11) is 0. The summed E-state index contributed by atoms with van der Waals surface area (Å²) in [6, 6.07) is 2.88. The highest BCUT2D eigenvalue weighted by Gasteiger charge is 2.22. The Morgan fingerprint density at radius 3 is 2.78 bits per heavy atom. The number of H-pyrrole nitrogens is 1. The molecule has 3 N–H and O–H groups in total. The van der Waals surface area contributed by atoms with Crippen LogP contribution < -0.4 is 16.2 Å². The van der Waals surface area contributed by atoms with Crippen LogP contribution >= 0.6 is 0 Å². The van der Waals surface area contributed by atoms with Crippen LogP contribution in [0.5, 0.6) is 0 Å². The Bertz CT molecular complexity index is 487. The van der Waals surface area contributed by atoms with Crippen LogP contribution in [0.15, 0.2) is 16.9 Å². The second-order valence-corrected chi connectivity index (χ2v) is 4.15. The van der Waals surface area contributed by atoms with Gasteiger partial charge in [0.25, 0.3) is 11.5 Å². The number of carbonyl (C=O) groups excluding carboxylic acids is 2. The summed E-state index contributed by atoms with van der Waals surface area (Å²) in [4.78, 5) is 33.6. The topological polar surface area (TPSA) is 104 Å². The van der Waals surface area contributed by atoms with Gasteiger partial charge in [-0.3, -0.25) is 14.4 Å². The van der Waals surface area contributed by atoms with E-state index in [0.29, 0.717) is 6.04 Å². The van der Waals surface area contributed by atoms with Gasteiger partial charge in [-0.15, -0.1) is 0 Å². The molecule has 0 bridgehead atoms. The highest BCUT2D eigenvalue weighted by Crippen LogP contribution is 2.18. The molecule has 1 heterocycles. The maximum Gasteiger partial charge on any atom is 0.271 e. The Balaban J connectivity index is 1.72. The molecule has 0 aliphatic heterocycles. The fourth-order valence-corrected chi connectivity index (χ4v) is 1.38. The van der Waals surface area contributed by atoms with E-state index in [9.17, 15) is 14.4 Å². The Morgan fingerprint density at radius 1 is 1.39 bits per heavy atom. The molecule has 1 saturated carbocycles. The van der Waals surface area contributed by atoms with Gasteiger partial charge < -0.3 is 10.6 Å². The molecule has 96 valence electrons. The highest BCUT2D eigenvalue weighted by atomic mass is 16.2. The van der Waals surface area contributed by atoms with Gasteiger partial charge >= 0.3 is 0 Å². The molecule has 0 atom stereocenters. The summed E-state index contributed by atoms with van der Waals surface area (Å²) in [6.07, 6.45) is 2.32. The van der Waals surface area contributed by atoms with Crippen molar-refractivity contribution >= 4 is 11.8 Å². The Labute approximate surface area is 103 Å². The van der Waals surface area contributed by atoms with Crippen LogP contribution in [0.25, 0.3) is 0 Å². The number of rotatable bonds is 5. The predicted molar refractivity (Wildman–Crippen MR) is 63.0 cm³/mol. The number of carbonyl (C=O) groups is 2. The zero-order valence-corrected chi connectivity index (χ0v) is 9.73. The molecule has 0 radical (unpaired) electrons. The maximum atomic E-state index is 11.5. The quantitative estimate of drug-likeness (QED) is 0.634. The van der Waals surface area contributed by atoms with Gasteiger partial charge in [-0.05, 0) is 18.9 Å². The highest BCUT2D eigenvalue weighted by molar-refractivity contribution is 5.92. The third kappa shape index (κ3) is 3.69. The van der Waals surface area contributed by atoms with Crippen molar-refractivity contribution in [1.82, 2.24) is 20.8 Å². The molecule has 1 fully saturated rings. The standard InChI is InChI=1S/C11H14N4O3/c16-9(13-7-1-2-7)5-6-12-11(18)8-3-4-10(17)15-14-8/h3-4,7H,1-2,5-6H2,(H,12,18)(H,13,16)(H,15,17). The molecule has 2 amide bonds. The first-order valence-electron chi connectivity index (χ1n) is 5.78. The summed E-state index contributed by atoms with van der Waals surface area (Å²) >= 11 is 0. The monoisotopic (exact) mass is 250 g/mol. The van der Waals surface area contributed by atoms with Gasteiger partial charge in [0.05, 0.1) is 0 Å². The number of nitrogens with one attached hydrogen (secondary N) is 3. The van der Waals surface area contributed by atoms with Gasteiger partial charge in [0.2, 0.25) is 5.91 Å². The van der Waals surface area contributed by atoms with Gasteiger partial charge in [-0.25, -0.2) is 5.10 Å². The van der Waals surface area contributed by atoms with Crippen molar-refractivity contribution in [2.75, 3.05) is 6.54 Å². The minimum absolute atomic E-state index is 0.0628. The van der Waals surface area contributed by atoms with Gasteiger partial charge in [0.15, 0.2) is 0 Å². The smallest absolute Gasteiger partial charge is 0.271 e. The van der Waals surface area contributed by atoms with Crippen molar-refractivity contribution < 1.29 is 9.59 Å². The molecule has 0 unspecified atom stereocenters. The van der Waals surface area contributed by atoms with Crippen molar-refractivity contribution in [2.24, 2.45) is 0 Å². The maximum absolute atomic E-state index is 11.5. The van der Waals surface area contributed by atoms with E-state index in [1.54, 1.807) is 0 Å². The van der Waals surface area contributed by atoms with Crippen LogP contribution in [0, 0.1) is 0 Å². The zero-order chi connectivity index (χ0) is 13.0. The number of nitrogens with zero attached hydrogens (tertiary/aromatic N) is 1. The molecule has 7 heteroatoms. The molecule has 1 aliphatic carbocycles. The molecule has 0 saturated heterocycles. The summed E-state index contributed by atoms with van der Waals surface area (Å²) in [5, 5.41) is 11.1. The van der Waals surface area contributed by atoms with Crippen molar-refractivity contribution in [2.45, 2.75) is 25.3 Å². The first-order valence-corrected chi connectivity index (χ1v) is 5.78. The number of hydrogen-bond acceptors (Lipinski definition) is 4. The van der Waals surface area contributed by atoms with Gasteiger partial charge in [0, 0.05) is 25.1 Å². The first kappa shape index (κ1) is 12.3. The predicted octanol–water partition coefficient (Wildman–Crippen LogP) is -0.832. The second kappa shape index (κ2) is 5.44. The summed E-state index contributed by atoms with van der Waals surface area (Å²) in [5.74, 6) is -0.474.